The van der Waals surface area contributed by atoms with Crippen molar-refractivity contribution in [1.29, 1.82) is 0 Å². The highest BCUT2D eigenvalue weighted by Gasteiger charge is 2.30. The number of amides is 1. The lowest BCUT2D eigenvalue weighted by Crippen LogP contribution is -2.44. The van der Waals surface area contributed by atoms with Crippen molar-refractivity contribution in [2.45, 2.75) is 39.0 Å². The maximum Gasteiger partial charge on any atom is 0.387 e. The third-order valence-corrected chi connectivity index (χ3v) is 3.78. The van der Waals surface area contributed by atoms with Crippen LogP contribution in [0.15, 0.2) is 24.3 Å². The van der Waals surface area contributed by atoms with Gasteiger partial charge in [0.25, 0.3) is 0 Å². The molecule has 0 aliphatic carbocycles. The molecule has 1 amide bonds. The largest absolute Gasteiger partial charge is 0.434 e. The Morgan fingerprint density at radius 2 is 2.14 bits per heavy atom. The van der Waals surface area contributed by atoms with E-state index in [2.05, 4.69) is 15.4 Å². The summed E-state index contributed by atoms with van der Waals surface area (Å²) in [6.07, 6.45) is 0.956. The van der Waals surface area contributed by atoms with Crippen molar-refractivity contribution in [2.24, 2.45) is 5.92 Å². The summed E-state index contributed by atoms with van der Waals surface area (Å²) in [5.41, 5.74) is 0.539. The minimum Gasteiger partial charge on any atom is -0.434 e. The topological polar surface area (TPSA) is 50.4 Å². The number of para-hydroxylation sites is 1. The molecule has 1 aliphatic rings. The highest BCUT2D eigenvalue weighted by Crippen LogP contribution is 2.26. The second-order valence-corrected chi connectivity index (χ2v) is 5.34. The van der Waals surface area contributed by atoms with E-state index in [-0.39, 0.29) is 23.6 Å². The molecule has 6 heteroatoms. The standard InChI is InChI=1S/C15H20F2N2O2/c1-9-7-8-18-13(9)14(20)19-10(2)11-5-3-4-6-12(11)21-15(16)17/h3-6,9-10,13,15,18H,7-8H2,1-2H3,(H,19,20). The smallest absolute Gasteiger partial charge is 0.387 e. The fraction of sp³-hybridized carbons (Fsp3) is 0.533. The minimum absolute atomic E-state index is 0.0905. The molecule has 0 radical (unpaired) electrons. The van der Waals surface area contributed by atoms with Gasteiger partial charge in [-0.25, -0.2) is 0 Å². The molecule has 3 unspecified atom stereocenters. The summed E-state index contributed by atoms with van der Waals surface area (Å²) in [6, 6.07) is 5.87. The maximum atomic E-state index is 12.4. The maximum absolute atomic E-state index is 12.4. The summed E-state index contributed by atoms with van der Waals surface area (Å²) in [7, 11) is 0. The molecule has 1 fully saturated rings. The van der Waals surface area contributed by atoms with Crippen LogP contribution in [0, 0.1) is 5.92 Å². The van der Waals surface area contributed by atoms with Gasteiger partial charge in [0.05, 0.1) is 12.1 Å². The van der Waals surface area contributed by atoms with Crippen LogP contribution in [-0.2, 0) is 4.79 Å². The Labute approximate surface area is 122 Å². The molecule has 1 saturated heterocycles. The van der Waals surface area contributed by atoms with E-state index < -0.39 is 12.7 Å². The van der Waals surface area contributed by atoms with Gasteiger partial charge in [0.15, 0.2) is 0 Å². The number of carbonyl (C=O) groups is 1. The van der Waals surface area contributed by atoms with Crippen LogP contribution in [0.1, 0.15) is 31.9 Å². The molecule has 21 heavy (non-hydrogen) atoms. The van der Waals surface area contributed by atoms with Crippen LogP contribution < -0.4 is 15.4 Å². The van der Waals surface area contributed by atoms with Gasteiger partial charge in [-0.3, -0.25) is 4.79 Å². The van der Waals surface area contributed by atoms with E-state index in [1.807, 2.05) is 6.92 Å². The molecule has 2 N–H and O–H groups in total. The molecule has 1 aromatic carbocycles. The Morgan fingerprint density at radius 3 is 2.76 bits per heavy atom. The molecule has 1 heterocycles. The van der Waals surface area contributed by atoms with Crippen molar-refractivity contribution < 1.29 is 18.3 Å². The molecule has 0 saturated carbocycles. The molecule has 0 aromatic heterocycles. The summed E-state index contributed by atoms with van der Waals surface area (Å²) in [6.45, 7) is 1.71. The van der Waals surface area contributed by atoms with Gasteiger partial charge >= 0.3 is 6.61 Å². The number of halogens is 2. The number of ether oxygens (including phenoxy) is 1. The molecular weight excluding hydrogens is 278 g/mol. The summed E-state index contributed by atoms with van der Waals surface area (Å²) >= 11 is 0. The molecule has 4 nitrogen and oxygen atoms in total. The highest BCUT2D eigenvalue weighted by atomic mass is 19.3. The summed E-state index contributed by atoms with van der Waals surface area (Å²) in [5.74, 6) is 0.247. The van der Waals surface area contributed by atoms with Crippen molar-refractivity contribution in [3.8, 4) is 5.75 Å². The first-order chi connectivity index (χ1) is 9.99. The zero-order valence-corrected chi connectivity index (χ0v) is 12.1. The molecule has 2 rings (SSSR count). The van der Waals surface area contributed by atoms with E-state index in [0.717, 1.165) is 13.0 Å². The molecule has 116 valence electrons. The zero-order chi connectivity index (χ0) is 15.4. The summed E-state index contributed by atoms with van der Waals surface area (Å²) in [4.78, 5) is 12.2. The molecular formula is C15H20F2N2O2. The SMILES string of the molecule is CC(NC(=O)C1NCCC1C)c1ccccc1OC(F)F. The lowest BCUT2D eigenvalue weighted by molar-refractivity contribution is -0.124. The third kappa shape index (κ3) is 3.91. The quantitative estimate of drug-likeness (QED) is 0.878. The van der Waals surface area contributed by atoms with Crippen molar-refractivity contribution >= 4 is 5.91 Å². The van der Waals surface area contributed by atoms with Crippen molar-refractivity contribution in [3.05, 3.63) is 29.8 Å². The van der Waals surface area contributed by atoms with E-state index in [1.54, 1.807) is 25.1 Å². The normalized spacial score (nSPS) is 23.1. The number of rotatable bonds is 5. The van der Waals surface area contributed by atoms with Crippen molar-refractivity contribution in [1.82, 2.24) is 10.6 Å². The van der Waals surface area contributed by atoms with Crippen LogP contribution in [0.5, 0.6) is 5.75 Å². The number of hydrogen-bond donors (Lipinski definition) is 2. The highest BCUT2D eigenvalue weighted by molar-refractivity contribution is 5.82. The van der Waals surface area contributed by atoms with Crippen molar-refractivity contribution in [3.63, 3.8) is 0 Å². The van der Waals surface area contributed by atoms with Gasteiger partial charge in [0, 0.05) is 5.56 Å². The molecule has 1 aliphatic heterocycles. The Bertz CT molecular complexity index is 496. The first-order valence-electron chi connectivity index (χ1n) is 7.06. The summed E-state index contributed by atoms with van der Waals surface area (Å²) in [5, 5.41) is 6.00. The van der Waals surface area contributed by atoms with Gasteiger partial charge in [-0.2, -0.15) is 8.78 Å². The first kappa shape index (κ1) is 15.7. The van der Waals surface area contributed by atoms with Crippen LogP contribution in [0.2, 0.25) is 0 Å². The van der Waals surface area contributed by atoms with Gasteiger partial charge < -0.3 is 15.4 Å². The molecule has 1 aromatic rings. The Kier molecular flexibility index (Phi) is 5.12. The molecule has 0 bridgehead atoms. The number of carbonyl (C=O) groups excluding carboxylic acids is 1. The lowest BCUT2D eigenvalue weighted by atomic mass is 10.0. The van der Waals surface area contributed by atoms with Gasteiger partial charge in [0.2, 0.25) is 5.91 Å². The van der Waals surface area contributed by atoms with E-state index in [1.165, 1.54) is 6.07 Å². The van der Waals surface area contributed by atoms with Crippen molar-refractivity contribution in [2.75, 3.05) is 6.54 Å². The number of nitrogens with one attached hydrogen (secondary N) is 2. The fourth-order valence-electron chi connectivity index (χ4n) is 2.61. The number of benzene rings is 1. The monoisotopic (exact) mass is 298 g/mol. The van der Waals surface area contributed by atoms with E-state index in [9.17, 15) is 13.6 Å². The van der Waals surface area contributed by atoms with Crippen LogP contribution in [0.4, 0.5) is 8.78 Å². The zero-order valence-electron chi connectivity index (χ0n) is 12.1. The molecule has 3 atom stereocenters. The van der Waals surface area contributed by atoms with Crippen LogP contribution in [0.3, 0.4) is 0 Å². The lowest BCUT2D eigenvalue weighted by Gasteiger charge is -2.21. The predicted octanol–water partition coefficient (Wildman–Crippen LogP) is 2.46. The van der Waals surface area contributed by atoms with Crippen LogP contribution in [-0.4, -0.2) is 25.1 Å². The van der Waals surface area contributed by atoms with Gasteiger partial charge in [-0.05, 0) is 31.9 Å². The van der Waals surface area contributed by atoms with Gasteiger partial charge in [-0.15, -0.1) is 0 Å². The molecule has 0 spiro atoms. The van der Waals surface area contributed by atoms with E-state index in [0.29, 0.717) is 5.56 Å². The van der Waals surface area contributed by atoms with Gasteiger partial charge in [-0.1, -0.05) is 25.1 Å². The average Bonchev–Trinajstić information content (AvgIpc) is 2.85. The second kappa shape index (κ2) is 6.85. The summed E-state index contributed by atoms with van der Waals surface area (Å²) < 4.78 is 29.3. The first-order valence-corrected chi connectivity index (χ1v) is 7.06. The fourth-order valence-corrected chi connectivity index (χ4v) is 2.61. The van der Waals surface area contributed by atoms with E-state index >= 15 is 0 Å². The van der Waals surface area contributed by atoms with Crippen LogP contribution >= 0.6 is 0 Å². The average molecular weight is 298 g/mol. The minimum atomic E-state index is -2.88. The van der Waals surface area contributed by atoms with Gasteiger partial charge in [0.1, 0.15) is 5.75 Å². The number of hydrogen-bond acceptors (Lipinski definition) is 3. The Hall–Kier alpha value is -1.69. The predicted molar refractivity (Wildman–Crippen MR) is 75.2 cm³/mol. The second-order valence-electron chi connectivity index (χ2n) is 5.34. The third-order valence-electron chi connectivity index (χ3n) is 3.78. The van der Waals surface area contributed by atoms with Crippen LogP contribution in [0.25, 0.3) is 0 Å². The number of alkyl halides is 2. The Morgan fingerprint density at radius 1 is 1.43 bits per heavy atom. The van der Waals surface area contributed by atoms with E-state index in [4.69, 9.17) is 0 Å². The Balaban J connectivity index is 2.06.